The zero-order valence-electron chi connectivity index (χ0n) is 16.0. The molecule has 0 saturated carbocycles. The standard InChI is InChI=1S/C20H24N2O4S/c1-10-5-6-12-15(7-10)27-20-16(12)19(23)21-18(22-20)11-8-13(24-2)17(26-4)14(9-11)25-3/h8-10,18,22H,5-7H2,1-4H3,(H,21,23)/t10-,18-/m0/s1. The zero-order valence-corrected chi connectivity index (χ0v) is 16.8. The molecule has 1 aromatic heterocycles. The number of amides is 1. The van der Waals surface area contributed by atoms with Gasteiger partial charge < -0.3 is 24.8 Å². The molecule has 0 spiro atoms. The van der Waals surface area contributed by atoms with Crippen LogP contribution >= 0.6 is 11.3 Å². The number of anilines is 1. The highest BCUT2D eigenvalue weighted by Gasteiger charge is 2.33. The van der Waals surface area contributed by atoms with Gasteiger partial charge in [-0.1, -0.05) is 6.92 Å². The first-order chi connectivity index (χ1) is 13.0. The minimum absolute atomic E-state index is 0.0189. The van der Waals surface area contributed by atoms with E-state index in [4.69, 9.17) is 14.2 Å². The summed E-state index contributed by atoms with van der Waals surface area (Å²) in [6, 6.07) is 3.72. The number of rotatable bonds is 4. The SMILES string of the molecule is COc1cc([C@H]2NC(=O)c3c(sc4c3CC[C@H](C)C4)N2)cc(OC)c1OC. The summed E-state index contributed by atoms with van der Waals surface area (Å²) in [4.78, 5) is 14.2. The number of ether oxygens (including phenoxy) is 3. The zero-order chi connectivity index (χ0) is 19.1. The molecule has 1 aromatic carbocycles. The topological polar surface area (TPSA) is 68.8 Å². The highest BCUT2D eigenvalue weighted by atomic mass is 32.1. The fourth-order valence-corrected chi connectivity index (χ4v) is 5.33. The molecule has 0 radical (unpaired) electrons. The Morgan fingerprint density at radius 3 is 2.41 bits per heavy atom. The number of fused-ring (bicyclic) bond motifs is 3. The molecule has 0 saturated heterocycles. The number of methoxy groups -OCH3 is 3. The number of benzene rings is 1. The molecule has 7 heteroatoms. The van der Waals surface area contributed by atoms with Gasteiger partial charge in [0.1, 0.15) is 11.2 Å². The first-order valence-electron chi connectivity index (χ1n) is 9.07. The lowest BCUT2D eigenvalue weighted by Crippen LogP contribution is -2.38. The monoisotopic (exact) mass is 388 g/mol. The van der Waals surface area contributed by atoms with Crippen molar-refractivity contribution in [2.75, 3.05) is 26.6 Å². The predicted octanol–water partition coefficient (Wildman–Crippen LogP) is 3.75. The van der Waals surface area contributed by atoms with E-state index >= 15 is 0 Å². The van der Waals surface area contributed by atoms with Crippen LogP contribution in [0.25, 0.3) is 0 Å². The molecular weight excluding hydrogens is 364 g/mol. The summed E-state index contributed by atoms with van der Waals surface area (Å²) in [5, 5.41) is 7.53. The highest BCUT2D eigenvalue weighted by Crippen LogP contribution is 2.44. The molecule has 4 rings (SSSR count). The quantitative estimate of drug-likeness (QED) is 0.835. The Labute approximate surface area is 162 Å². The Morgan fingerprint density at radius 2 is 1.78 bits per heavy atom. The molecule has 144 valence electrons. The Hall–Kier alpha value is -2.41. The lowest BCUT2D eigenvalue weighted by molar-refractivity contribution is 0.0935. The van der Waals surface area contributed by atoms with Gasteiger partial charge in [-0.25, -0.2) is 0 Å². The summed E-state index contributed by atoms with van der Waals surface area (Å²) < 4.78 is 16.3. The van der Waals surface area contributed by atoms with Crippen molar-refractivity contribution < 1.29 is 19.0 Å². The number of carbonyl (C=O) groups is 1. The van der Waals surface area contributed by atoms with E-state index in [1.54, 1.807) is 32.7 Å². The van der Waals surface area contributed by atoms with Crippen LogP contribution in [0.15, 0.2) is 12.1 Å². The predicted molar refractivity (Wildman–Crippen MR) is 105 cm³/mol. The molecular formula is C20H24N2O4S. The average molecular weight is 388 g/mol. The van der Waals surface area contributed by atoms with Gasteiger partial charge in [0.05, 0.1) is 26.9 Å². The number of carbonyl (C=O) groups excluding carboxylic acids is 1. The molecule has 0 bridgehead atoms. The molecule has 6 nitrogen and oxygen atoms in total. The minimum Gasteiger partial charge on any atom is -0.493 e. The van der Waals surface area contributed by atoms with Crippen LogP contribution in [0.5, 0.6) is 17.2 Å². The maximum absolute atomic E-state index is 12.9. The van der Waals surface area contributed by atoms with E-state index in [0.29, 0.717) is 23.2 Å². The van der Waals surface area contributed by atoms with Gasteiger partial charge in [0.2, 0.25) is 5.75 Å². The van der Waals surface area contributed by atoms with E-state index in [1.807, 2.05) is 12.1 Å². The van der Waals surface area contributed by atoms with E-state index in [1.165, 1.54) is 10.4 Å². The normalized spacial score (nSPS) is 20.8. The van der Waals surface area contributed by atoms with E-state index in [0.717, 1.165) is 35.4 Å². The van der Waals surface area contributed by atoms with E-state index < -0.39 is 0 Å². The molecule has 2 aliphatic rings. The van der Waals surface area contributed by atoms with Gasteiger partial charge in [0.15, 0.2) is 11.5 Å². The lowest BCUT2D eigenvalue weighted by Gasteiger charge is -2.28. The van der Waals surface area contributed by atoms with E-state index in [9.17, 15) is 4.79 Å². The summed E-state index contributed by atoms with van der Waals surface area (Å²) in [5.41, 5.74) is 2.90. The van der Waals surface area contributed by atoms with E-state index in [-0.39, 0.29) is 12.1 Å². The second-order valence-electron chi connectivity index (χ2n) is 7.07. The summed E-state index contributed by atoms with van der Waals surface area (Å²) in [7, 11) is 4.74. The van der Waals surface area contributed by atoms with Crippen molar-refractivity contribution in [3.8, 4) is 17.2 Å². The molecule has 2 aromatic rings. The Kier molecular flexibility index (Phi) is 4.63. The summed E-state index contributed by atoms with van der Waals surface area (Å²) in [6.45, 7) is 2.27. The first kappa shape index (κ1) is 18.0. The van der Waals surface area contributed by atoms with Crippen molar-refractivity contribution in [3.63, 3.8) is 0 Å². The number of hydrogen-bond donors (Lipinski definition) is 2. The van der Waals surface area contributed by atoms with Crippen molar-refractivity contribution in [2.45, 2.75) is 32.4 Å². The summed E-state index contributed by atoms with van der Waals surface area (Å²) in [6.07, 6.45) is 2.82. The Balaban J connectivity index is 1.71. The molecule has 1 aliphatic heterocycles. The van der Waals surface area contributed by atoms with Gasteiger partial charge in [-0.2, -0.15) is 0 Å². The molecule has 0 fully saturated rings. The van der Waals surface area contributed by atoms with Crippen LogP contribution < -0.4 is 24.8 Å². The Bertz CT molecular complexity index is 867. The van der Waals surface area contributed by atoms with Crippen LogP contribution in [-0.2, 0) is 12.8 Å². The average Bonchev–Trinajstić information content (AvgIpc) is 3.04. The van der Waals surface area contributed by atoms with Gasteiger partial charge in [-0.05, 0) is 42.9 Å². The number of hydrogen-bond acceptors (Lipinski definition) is 6. The number of thiophene rings is 1. The second kappa shape index (κ2) is 6.96. The van der Waals surface area contributed by atoms with Gasteiger partial charge in [-0.3, -0.25) is 4.79 Å². The van der Waals surface area contributed by atoms with Crippen molar-refractivity contribution in [2.24, 2.45) is 5.92 Å². The van der Waals surface area contributed by atoms with Gasteiger partial charge in [-0.15, -0.1) is 11.3 Å². The first-order valence-corrected chi connectivity index (χ1v) is 9.89. The van der Waals surface area contributed by atoms with Crippen molar-refractivity contribution in [1.82, 2.24) is 5.32 Å². The minimum atomic E-state index is -0.351. The third kappa shape index (κ3) is 3.00. The third-order valence-corrected chi connectivity index (χ3v) is 6.50. The lowest BCUT2D eigenvalue weighted by atomic mass is 9.88. The van der Waals surface area contributed by atoms with Gasteiger partial charge in [0, 0.05) is 10.4 Å². The van der Waals surface area contributed by atoms with Crippen molar-refractivity contribution in [3.05, 3.63) is 33.7 Å². The van der Waals surface area contributed by atoms with Crippen LogP contribution in [0.1, 0.15) is 45.9 Å². The number of nitrogens with one attached hydrogen (secondary N) is 2. The van der Waals surface area contributed by atoms with Crippen LogP contribution in [0, 0.1) is 5.92 Å². The molecule has 2 atom stereocenters. The van der Waals surface area contributed by atoms with Crippen LogP contribution in [-0.4, -0.2) is 27.2 Å². The molecule has 0 unspecified atom stereocenters. The van der Waals surface area contributed by atoms with Gasteiger partial charge >= 0.3 is 0 Å². The summed E-state index contributed by atoms with van der Waals surface area (Å²) in [5.74, 6) is 2.31. The molecule has 27 heavy (non-hydrogen) atoms. The summed E-state index contributed by atoms with van der Waals surface area (Å²) >= 11 is 1.71. The van der Waals surface area contributed by atoms with E-state index in [2.05, 4.69) is 17.6 Å². The maximum Gasteiger partial charge on any atom is 0.256 e. The van der Waals surface area contributed by atoms with Crippen molar-refractivity contribution in [1.29, 1.82) is 0 Å². The van der Waals surface area contributed by atoms with Crippen LogP contribution in [0.3, 0.4) is 0 Å². The fraction of sp³-hybridized carbons (Fsp3) is 0.450. The highest BCUT2D eigenvalue weighted by molar-refractivity contribution is 7.16. The molecule has 2 N–H and O–H groups in total. The van der Waals surface area contributed by atoms with Crippen molar-refractivity contribution >= 4 is 22.2 Å². The third-order valence-electron chi connectivity index (χ3n) is 5.31. The van der Waals surface area contributed by atoms with Crippen LogP contribution in [0.2, 0.25) is 0 Å². The molecule has 1 amide bonds. The smallest absolute Gasteiger partial charge is 0.256 e. The fourth-order valence-electron chi connectivity index (χ4n) is 3.90. The van der Waals surface area contributed by atoms with Gasteiger partial charge in [0.25, 0.3) is 5.91 Å². The molecule has 1 aliphatic carbocycles. The Morgan fingerprint density at radius 1 is 1.07 bits per heavy atom. The molecule has 2 heterocycles. The maximum atomic E-state index is 12.9. The second-order valence-corrected chi connectivity index (χ2v) is 8.17. The largest absolute Gasteiger partial charge is 0.493 e. The van der Waals surface area contributed by atoms with Crippen LogP contribution in [0.4, 0.5) is 5.00 Å².